The van der Waals surface area contributed by atoms with E-state index in [-0.39, 0.29) is 24.0 Å². The van der Waals surface area contributed by atoms with Gasteiger partial charge in [-0.2, -0.15) is 0 Å². The van der Waals surface area contributed by atoms with Crippen molar-refractivity contribution in [3.8, 4) is 28.7 Å². The molecular weight excluding hydrogens is 434 g/mol. The Hall–Kier alpha value is -3.73. The predicted molar refractivity (Wildman–Crippen MR) is 118 cm³/mol. The summed E-state index contributed by atoms with van der Waals surface area (Å²) in [6.07, 6.45) is 0. The zero-order valence-corrected chi connectivity index (χ0v) is 18.8. The molecule has 0 saturated carbocycles. The number of methoxy groups -OCH3 is 3. The number of aromatic hydroxyl groups is 1. The molecule has 1 heterocycles. The normalized spacial score (nSPS) is 14.0. The van der Waals surface area contributed by atoms with Crippen LogP contribution in [0.2, 0.25) is 0 Å². The second-order valence-electron chi connectivity index (χ2n) is 7.39. The van der Waals surface area contributed by atoms with Gasteiger partial charge in [0, 0.05) is 50.9 Å². The second kappa shape index (κ2) is 10.7. The van der Waals surface area contributed by atoms with Crippen molar-refractivity contribution in [3.05, 3.63) is 46.0 Å². The third kappa shape index (κ3) is 5.75. The van der Waals surface area contributed by atoms with Gasteiger partial charge in [-0.1, -0.05) is 6.07 Å². The second-order valence-corrected chi connectivity index (χ2v) is 7.39. The minimum atomic E-state index is -0.608. The molecule has 2 aromatic carbocycles. The number of carbonyl (C=O) groups is 1. The molecule has 11 nitrogen and oxygen atoms in total. The van der Waals surface area contributed by atoms with Gasteiger partial charge in [-0.15, -0.1) is 0 Å². The number of rotatable bonds is 9. The fraction of sp³-hybridized carbons (Fsp3) is 0.409. The largest absolute Gasteiger partial charge is 0.502 e. The van der Waals surface area contributed by atoms with Crippen LogP contribution in [0.15, 0.2) is 30.3 Å². The predicted octanol–water partition coefficient (Wildman–Crippen LogP) is 2.05. The van der Waals surface area contributed by atoms with E-state index in [0.29, 0.717) is 55.7 Å². The summed E-state index contributed by atoms with van der Waals surface area (Å²) in [5, 5.41) is 20.6. The van der Waals surface area contributed by atoms with E-state index in [1.54, 1.807) is 23.1 Å². The van der Waals surface area contributed by atoms with Crippen molar-refractivity contribution in [1.82, 2.24) is 9.80 Å². The zero-order chi connectivity index (χ0) is 24.0. The molecule has 33 heavy (non-hydrogen) atoms. The molecule has 178 valence electrons. The standard InChI is InChI=1S/C22H27N3O8/c1-30-19-11-16(12-20(31-2)22(19)32-3)33-14-21(27)24-8-6-23(7-9-24)13-15-4-5-18(26)17(10-15)25(28)29/h4-5,10-12,26H,6-9,13-14H2,1-3H3. The van der Waals surface area contributed by atoms with E-state index >= 15 is 0 Å². The highest BCUT2D eigenvalue weighted by Crippen LogP contribution is 2.40. The van der Waals surface area contributed by atoms with E-state index in [4.69, 9.17) is 18.9 Å². The van der Waals surface area contributed by atoms with Crippen molar-refractivity contribution in [2.75, 3.05) is 54.1 Å². The molecule has 1 amide bonds. The van der Waals surface area contributed by atoms with E-state index in [1.165, 1.54) is 33.5 Å². The third-order valence-corrected chi connectivity index (χ3v) is 5.37. The van der Waals surface area contributed by atoms with Crippen LogP contribution in [0.5, 0.6) is 28.7 Å². The van der Waals surface area contributed by atoms with Crippen LogP contribution in [0, 0.1) is 10.1 Å². The first-order valence-corrected chi connectivity index (χ1v) is 10.3. The van der Waals surface area contributed by atoms with Gasteiger partial charge in [0.1, 0.15) is 5.75 Å². The molecule has 0 aromatic heterocycles. The molecule has 0 spiro atoms. The number of ether oxygens (including phenoxy) is 4. The molecular formula is C22H27N3O8. The lowest BCUT2D eigenvalue weighted by molar-refractivity contribution is -0.385. The molecule has 0 atom stereocenters. The highest BCUT2D eigenvalue weighted by atomic mass is 16.6. The first-order valence-electron chi connectivity index (χ1n) is 10.3. The average Bonchev–Trinajstić information content (AvgIpc) is 2.83. The van der Waals surface area contributed by atoms with Gasteiger partial charge in [-0.3, -0.25) is 19.8 Å². The van der Waals surface area contributed by atoms with E-state index in [1.807, 2.05) is 0 Å². The summed E-state index contributed by atoms with van der Waals surface area (Å²) in [6.45, 7) is 2.61. The van der Waals surface area contributed by atoms with Crippen molar-refractivity contribution in [3.63, 3.8) is 0 Å². The van der Waals surface area contributed by atoms with Crippen LogP contribution >= 0.6 is 0 Å². The topological polar surface area (TPSA) is 124 Å². The van der Waals surface area contributed by atoms with Crippen molar-refractivity contribution in [1.29, 1.82) is 0 Å². The van der Waals surface area contributed by atoms with Crippen LogP contribution in [0.3, 0.4) is 0 Å². The maximum Gasteiger partial charge on any atom is 0.311 e. The molecule has 0 bridgehead atoms. The van der Waals surface area contributed by atoms with E-state index in [9.17, 15) is 20.0 Å². The number of benzene rings is 2. The van der Waals surface area contributed by atoms with E-state index in [2.05, 4.69) is 4.90 Å². The Bertz CT molecular complexity index is 980. The number of phenolic OH excluding ortho intramolecular Hbond substituents is 1. The summed E-state index contributed by atoms with van der Waals surface area (Å²) in [5.74, 6) is 1.22. The van der Waals surface area contributed by atoms with Gasteiger partial charge >= 0.3 is 5.69 Å². The fourth-order valence-electron chi connectivity index (χ4n) is 3.60. The molecule has 3 rings (SSSR count). The number of hydrogen-bond acceptors (Lipinski definition) is 9. The lowest BCUT2D eigenvalue weighted by Gasteiger charge is -2.34. The number of carbonyl (C=O) groups excluding carboxylic acids is 1. The smallest absolute Gasteiger partial charge is 0.311 e. The fourth-order valence-corrected chi connectivity index (χ4v) is 3.60. The summed E-state index contributed by atoms with van der Waals surface area (Å²) < 4.78 is 21.5. The minimum absolute atomic E-state index is 0.136. The molecule has 11 heteroatoms. The number of piperazine rings is 1. The number of amides is 1. The first-order chi connectivity index (χ1) is 15.9. The summed E-state index contributed by atoms with van der Waals surface area (Å²) in [5.41, 5.74) is 0.412. The molecule has 0 radical (unpaired) electrons. The summed E-state index contributed by atoms with van der Waals surface area (Å²) in [4.78, 5) is 26.8. The Balaban J connectivity index is 1.53. The van der Waals surface area contributed by atoms with Crippen LogP contribution in [0.25, 0.3) is 0 Å². The van der Waals surface area contributed by atoms with Gasteiger partial charge in [0.25, 0.3) is 5.91 Å². The first kappa shape index (κ1) is 23.9. The Labute approximate surface area is 191 Å². The summed E-state index contributed by atoms with van der Waals surface area (Å²) in [6, 6.07) is 7.61. The molecule has 1 saturated heterocycles. The van der Waals surface area contributed by atoms with Gasteiger partial charge in [0.05, 0.1) is 26.3 Å². The Morgan fingerprint density at radius 3 is 2.21 bits per heavy atom. The SMILES string of the molecule is COc1cc(OCC(=O)N2CCN(Cc3ccc(O)c([N+](=O)[O-])c3)CC2)cc(OC)c1OC. The molecule has 1 fully saturated rings. The molecule has 2 aromatic rings. The quantitative estimate of drug-likeness (QED) is 0.441. The maximum atomic E-state index is 12.6. The Morgan fingerprint density at radius 2 is 1.67 bits per heavy atom. The maximum absolute atomic E-state index is 12.6. The van der Waals surface area contributed by atoms with Gasteiger partial charge < -0.3 is 29.0 Å². The molecule has 0 aliphatic carbocycles. The number of phenols is 1. The number of nitro benzene ring substituents is 1. The third-order valence-electron chi connectivity index (χ3n) is 5.37. The van der Waals surface area contributed by atoms with Gasteiger partial charge in [0.2, 0.25) is 5.75 Å². The monoisotopic (exact) mass is 461 g/mol. The lowest BCUT2D eigenvalue weighted by Crippen LogP contribution is -2.49. The van der Waals surface area contributed by atoms with E-state index in [0.717, 1.165) is 5.56 Å². The van der Waals surface area contributed by atoms with Gasteiger partial charge in [-0.05, 0) is 11.6 Å². The lowest BCUT2D eigenvalue weighted by atomic mass is 10.1. The molecule has 1 aliphatic heterocycles. The molecule has 1 N–H and O–H groups in total. The highest BCUT2D eigenvalue weighted by molar-refractivity contribution is 5.78. The number of hydrogen-bond donors (Lipinski definition) is 1. The van der Waals surface area contributed by atoms with Crippen LogP contribution in [0.1, 0.15) is 5.56 Å². The van der Waals surface area contributed by atoms with Crippen molar-refractivity contribution in [2.24, 2.45) is 0 Å². The van der Waals surface area contributed by atoms with Crippen LogP contribution in [-0.2, 0) is 11.3 Å². The zero-order valence-electron chi connectivity index (χ0n) is 18.8. The average molecular weight is 461 g/mol. The molecule has 1 aliphatic rings. The van der Waals surface area contributed by atoms with Gasteiger partial charge in [0.15, 0.2) is 23.9 Å². The van der Waals surface area contributed by atoms with Crippen molar-refractivity contribution in [2.45, 2.75) is 6.54 Å². The van der Waals surface area contributed by atoms with Crippen LogP contribution in [-0.4, -0.2) is 79.9 Å². The summed E-state index contributed by atoms with van der Waals surface area (Å²) >= 11 is 0. The Morgan fingerprint density at radius 1 is 1.03 bits per heavy atom. The minimum Gasteiger partial charge on any atom is -0.502 e. The Kier molecular flexibility index (Phi) is 7.78. The van der Waals surface area contributed by atoms with Crippen molar-refractivity contribution >= 4 is 11.6 Å². The van der Waals surface area contributed by atoms with Crippen LogP contribution in [0.4, 0.5) is 5.69 Å². The highest BCUT2D eigenvalue weighted by Gasteiger charge is 2.23. The van der Waals surface area contributed by atoms with Crippen molar-refractivity contribution < 1.29 is 33.8 Å². The van der Waals surface area contributed by atoms with Crippen LogP contribution < -0.4 is 18.9 Å². The molecule has 0 unspecified atom stereocenters. The van der Waals surface area contributed by atoms with Gasteiger partial charge in [-0.25, -0.2) is 0 Å². The number of nitrogens with zero attached hydrogens (tertiary/aromatic N) is 3. The summed E-state index contributed by atoms with van der Waals surface area (Å²) in [7, 11) is 4.51. The van der Waals surface area contributed by atoms with E-state index < -0.39 is 4.92 Å². The number of nitro groups is 1.